The average Bonchev–Trinajstić information content (AvgIpc) is 2.02. The lowest BCUT2D eigenvalue weighted by molar-refractivity contribution is -0.146. The van der Waals surface area contributed by atoms with Crippen molar-refractivity contribution in [1.29, 1.82) is 0 Å². The first-order valence-corrected chi connectivity index (χ1v) is 4.66. The normalized spacial score (nSPS) is 19.2. The minimum absolute atomic E-state index is 0.0630. The zero-order chi connectivity index (χ0) is 9.73. The van der Waals surface area contributed by atoms with Gasteiger partial charge in [-0.3, -0.25) is 4.79 Å². The number of nitrogens with one attached hydrogen (secondary N) is 1. The highest BCUT2D eigenvalue weighted by Crippen LogP contribution is 2.15. The summed E-state index contributed by atoms with van der Waals surface area (Å²) in [6.07, 6.45) is 0.351. The summed E-state index contributed by atoms with van der Waals surface area (Å²) in [6.45, 7) is 6.48. The van der Waals surface area contributed by atoms with Crippen molar-refractivity contribution in [3.05, 3.63) is 0 Å². The Bertz CT molecular complexity index is 178. The molecule has 0 aromatic heterocycles. The predicted octanol–water partition coefficient (Wildman–Crippen LogP) is 0.318. The smallest absolute Gasteiger partial charge is 0.308 e. The Morgan fingerprint density at radius 3 is 2.69 bits per heavy atom. The Balaban J connectivity index is 2.03. The van der Waals surface area contributed by atoms with Gasteiger partial charge in [-0.15, -0.1) is 0 Å². The van der Waals surface area contributed by atoms with Gasteiger partial charge in [0.05, 0.1) is 25.2 Å². The molecular formula is C9H17NO3. The Labute approximate surface area is 78.6 Å². The summed E-state index contributed by atoms with van der Waals surface area (Å²) in [6, 6.07) is 0. The highest BCUT2D eigenvalue weighted by molar-refractivity contribution is 5.69. The summed E-state index contributed by atoms with van der Waals surface area (Å²) in [5.74, 6) is -0.182. The maximum absolute atomic E-state index is 10.9. The fraction of sp³-hybridized carbons (Fsp3) is 0.889. The maximum Gasteiger partial charge on any atom is 0.308 e. The molecule has 0 bridgehead atoms. The summed E-state index contributed by atoms with van der Waals surface area (Å²) in [4.78, 5) is 10.9. The van der Waals surface area contributed by atoms with E-state index in [-0.39, 0.29) is 11.6 Å². The molecule has 0 saturated carbocycles. The third kappa shape index (κ3) is 3.32. The molecular weight excluding hydrogens is 170 g/mol. The lowest BCUT2D eigenvalue weighted by Gasteiger charge is -2.38. The standard InChI is InChI=1S/C9H17NO3/c1-3-12-8(11)4-5-13-9(2)6-10-7-9/h10H,3-7H2,1-2H3. The van der Waals surface area contributed by atoms with Crippen LogP contribution in [0.15, 0.2) is 0 Å². The molecule has 1 N–H and O–H groups in total. The molecule has 0 aromatic carbocycles. The second-order valence-electron chi connectivity index (χ2n) is 3.46. The van der Waals surface area contributed by atoms with Crippen LogP contribution in [0, 0.1) is 0 Å². The monoisotopic (exact) mass is 187 g/mol. The third-order valence-electron chi connectivity index (χ3n) is 2.06. The molecule has 76 valence electrons. The van der Waals surface area contributed by atoms with Crippen molar-refractivity contribution >= 4 is 5.97 Å². The number of hydrogen-bond acceptors (Lipinski definition) is 4. The van der Waals surface area contributed by atoms with Gasteiger partial charge in [0.2, 0.25) is 0 Å². The van der Waals surface area contributed by atoms with Gasteiger partial charge in [-0.05, 0) is 13.8 Å². The van der Waals surface area contributed by atoms with Crippen LogP contribution >= 0.6 is 0 Å². The van der Waals surface area contributed by atoms with E-state index in [0.29, 0.717) is 19.6 Å². The minimum atomic E-state index is -0.182. The lowest BCUT2D eigenvalue weighted by atomic mass is 10.0. The van der Waals surface area contributed by atoms with Gasteiger partial charge < -0.3 is 14.8 Å². The number of esters is 1. The third-order valence-corrected chi connectivity index (χ3v) is 2.06. The van der Waals surface area contributed by atoms with E-state index in [1.807, 2.05) is 6.92 Å². The van der Waals surface area contributed by atoms with Gasteiger partial charge in [0.25, 0.3) is 0 Å². The molecule has 1 fully saturated rings. The SMILES string of the molecule is CCOC(=O)CCOC1(C)CNC1. The summed E-state index contributed by atoms with van der Waals surface area (Å²) in [5, 5.41) is 3.12. The van der Waals surface area contributed by atoms with Crippen LogP contribution in [0.25, 0.3) is 0 Å². The summed E-state index contributed by atoms with van der Waals surface area (Å²) in [7, 11) is 0. The van der Waals surface area contributed by atoms with Crippen molar-refractivity contribution in [3.63, 3.8) is 0 Å². The van der Waals surface area contributed by atoms with E-state index in [1.54, 1.807) is 6.92 Å². The maximum atomic E-state index is 10.9. The van der Waals surface area contributed by atoms with Crippen molar-refractivity contribution in [2.75, 3.05) is 26.3 Å². The van der Waals surface area contributed by atoms with Gasteiger partial charge in [-0.25, -0.2) is 0 Å². The summed E-state index contributed by atoms with van der Waals surface area (Å²) >= 11 is 0. The molecule has 0 atom stereocenters. The molecule has 1 aliphatic heterocycles. The molecule has 0 unspecified atom stereocenters. The van der Waals surface area contributed by atoms with E-state index in [1.165, 1.54) is 0 Å². The van der Waals surface area contributed by atoms with Crippen LogP contribution in [0.3, 0.4) is 0 Å². The van der Waals surface area contributed by atoms with Gasteiger partial charge in [-0.2, -0.15) is 0 Å². The Morgan fingerprint density at radius 2 is 2.23 bits per heavy atom. The topological polar surface area (TPSA) is 47.6 Å². The molecule has 0 aliphatic carbocycles. The van der Waals surface area contributed by atoms with E-state index in [9.17, 15) is 4.79 Å². The van der Waals surface area contributed by atoms with Crippen LogP contribution in [-0.2, 0) is 14.3 Å². The van der Waals surface area contributed by atoms with Crippen molar-refractivity contribution in [2.45, 2.75) is 25.9 Å². The van der Waals surface area contributed by atoms with Gasteiger partial charge in [-0.1, -0.05) is 0 Å². The first-order chi connectivity index (χ1) is 6.16. The zero-order valence-corrected chi connectivity index (χ0v) is 8.26. The molecule has 1 rings (SSSR count). The van der Waals surface area contributed by atoms with Crippen LogP contribution < -0.4 is 5.32 Å². The number of rotatable bonds is 5. The number of carbonyl (C=O) groups excluding carboxylic acids is 1. The number of hydrogen-bond donors (Lipinski definition) is 1. The Kier molecular flexibility index (Phi) is 3.69. The highest BCUT2D eigenvalue weighted by atomic mass is 16.5. The van der Waals surface area contributed by atoms with Crippen LogP contribution in [0.5, 0.6) is 0 Å². The van der Waals surface area contributed by atoms with Crippen LogP contribution in [0.1, 0.15) is 20.3 Å². The fourth-order valence-electron chi connectivity index (χ4n) is 1.19. The second kappa shape index (κ2) is 4.58. The van der Waals surface area contributed by atoms with Crippen LogP contribution in [-0.4, -0.2) is 37.9 Å². The molecule has 13 heavy (non-hydrogen) atoms. The lowest BCUT2D eigenvalue weighted by Crippen LogP contribution is -2.59. The number of carbonyl (C=O) groups is 1. The van der Waals surface area contributed by atoms with Gasteiger partial charge in [0.1, 0.15) is 0 Å². The fourth-order valence-corrected chi connectivity index (χ4v) is 1.19. The van der Waals surface area contributed by atoms with Gasteiger partial charge >= 0.3 is 5.97 Å². The molecule has 1 saturated heterocycles. The van der Waals surface area contributed by atoms with Gasteiger partial charge in [0, 0.05) is 13.1 Å². The number of ether oxygens (including phenoxy) is 2. The summed E-state index contributed by atoms with van der Waals surface area (Å²) < 4.78 is 10.3. The molecule has 0 radical (unpaired) electrons. The first-order valence-electron chi connectivity index (χ1n) is 4.66. The molecule has 4 heteroatoms. The first kappa shape index (κ1) is 10.5. The average molecular weight is 187 g/mol. The molecule has 0 aromatic rings. The van der Waals surface area contributed by atoms with E-state index in [2.05, 4.69) is 5.32 Å². The minimum Gasteiger partial charge on any atom is -0.466 e. The van der Waals surface area contributed by atoms with E-state index < -0.39 is 0 Å². The second-order valence-corrected chi connectivity index (χ2v) is 3.46. The molecule has 0 spiro atoms. The molecule has 0 amide bonds. The van der Waals surface area contributed by atoms with Crippen molar-refractivity contribution < 1.29 is 14.3 Å². The van der Waals surface area contributed by atoms with E-state index >= 15 is 0 Å². The largest absolute Gasteiger partial charge is 0.466 e. The van der Waals surface area contributed by atoms with Crippen LogP contribution in [0.2, 0.25) is 0 Å². The van der Waals surface area contributed by atoms with Gasteiger partial charge in [0.15, 0.2) is 0 Å². The van der Waals surface area contributed by atoms with Crippen molar-refractivity contribution in [2.24, 2.45) is 0 Å². The zero-order valence-electron chi connectivity index (χ0n) is 8.26. The Morgan fingerprint density at radius 1 is 1.54 bits per heavy atom. The van der Waals surface area contributed by atoms with Crippen molar-refractivity contribution in [3.8, 4) is 0 Å². The molecule has 4 nitrogen and oxygen atoms in total. The van der Waals surface area contributed by atoms with E-state index in [4.69, 9.17) is 9.47 Å². The predicted molar refractivity (Wildman–Crippen MR) is 48.5 cm³/mol. The quantitative estimate of drug-likeness (QED) is 0.630. The molecule has 1 heterocycles. The molecule has 1 aliphatic rings. The highest BCUT2D eigenvalue weighted by Gasteiger charge is 2.32. The van der Waals surface area contributed by atoms with Crippen molar-refractivity contribution in [1.82, 2.24) is 5.32 Å². The van der Waals surface area contributed by atoms with E-state index in [0.717, 1.165) is 13.1 Å². The van der Waals surface area contributed by atoms with Crippen LogP contribution in [0.4, 0.5) is 0 Å². The summed E-state index contributed by atoms with van der Waals surface area (Å²) in [5.41, 5.74) is -0.0630. The Hall–Kier alpha value is -0.610.